The summed E-state index contributed by atoms with van der Waals surface area (Å²) in [5.41, 5.74) is 1.99. The number of hydrogen-bond donors (Lipinski definition) is 1. The van der Waals surface area contributed by atoms with Crippen LogP contribution in [0.3, 0.4) is 0 Å². The predicted molar refractivity (Wildman–Crippen MR) is 90.8 cm³/mol. The molecule has 8 heteroatoms. The molecule has 0 radical (unpaired) electrons. The Balaban J connectivity index is 2.30. The van der Waals surface area contributed by atoms with Crippen molar-refractivity contribution < 1.29 is 14.5 Å². The van der Waals surface area contributed by atoms with E-state index in [9.17, 15) is 19.7 Å². The number of ketones is 2. The first-order valence-electron chi connectivity index (χ1n) is 7.24. The Labute approximate surface area is 143 Å². The summed E-state index contributed by atoms with van der Waals surface area (Å²) in [7, 11) is 0. The van der Waals surface area contributed by atoms with Crippen LogP contribution in [0.4, 0.5) is 5.69 Å². The van der Waals surface area contributed by atoms with Gasteiger partial charge in [0.2, 0.25) is 0 Å². The Kier molecular flexibility index (Phi) is 5.18. The van der Waals surface area contributed by atoms with Crippen molar-refractivity contribution in [3.8, 4) is 0 Å². The van der Waals surface area contributed by atoms with Crippen LogP contribution in [0.2, 0.25) is 0 Å². The van der Waals surface area contributed by atoms with Crippen molar-refractivity contribution in [1.82, 2.24) is 9.97 Å². The smallest absolute Gasteiger partial charge is 0.301 e. The number of aryl methyl sites for hydroxylation is 1. The zero-order valence-electron chi connectivity index (χ0n) is 13.7. The van der Waals surface area contributed by atoms with E-state index in [1.165, 1.54) is 25.3 Å². The van der Waals surface area contributed by atoms with E-state index in [1.54, 1.807) is 20.8 Å². The molecule has 0 aliphatic rings. The average molecular weight is 347 g/mol. The number of H-pyrrole nitrogens is 1. The van der Waals surface area contributed by atoms with Gasteiger partial charge < -0.3 is 4.98 Å². The van der Waals surface area contributed by atoms with Crippen LogP contribution in [0.1, 0.15) is 46.0 Å². The Morgan fingerprint density at radius 2 is 2.04 bits per heavy atom. The largest absolute Gasteiger partial charge is 0.355 e. The van der Waals surface area contributed by atoms with E-state index >= 15 is 0 Å². The third-order valence-corrected chi connectivity index (χ3v) is 4.75. The van der Waals surface area contributed by atoms with Crippen molar-refractivity contribution in [2.45, 2.75) is 38.0 Å². The molecule has 2 aromatic heterocycles. The van der Waals surface area contributed by atoms with Crippen LogP contribution < -0.4 is 0 Å². The summed E-state index contributed by atoms with van der Waals surface area (Å²) < 4.78 is 0. The number of Topliss-reactive ketones (excluding diaryl/α,β-unsaturated/α-hetero) is 2. The zero-order chi connectivity index (χ0) is 18.0. The number of carbonyl (C=O) groups excluding carboxylic acids is 2. The number of thioether (sulfide) groups is 1. The van der Waals surface area contributed by atoms with Crippen molar-refractivity contribution in [1.29, 1.82) is 0 Å². The van der Waals surface area contributed by atoms with Gasteiger partial charge in [-0.2, -0.15) is 0 Å². The van der Waals surface area contributed by atoms with E-state index in [2.05, 4.69) is 9.97 Å². The molecule has 0 saturated heterocycles. The number of rotatable bonds is 6. The lowest BCUT2D eigenvalue weighted by Gasteiger charge is -2.09. The number of aromatic amines is 1. The Hall–Kier alpha value is -2.48. The van der Waals surface area contributed by atoms with Gasteiger partial charge in [0.1, 0.15) is 0 Å². The summed E-state index contributed by atoms with van der Waals surface area (Å²) in [5.74, 6) is -0.339. The molecule has 0 aliphatic heterocycles. The molecular weight excluding hydrogens is 330 g/mol. The fourth-order valence-electron chi connectivity index (χ4n) is 2.56. The molecule has 2 aromatic rings. The Morgan fingerprint density at radius 3 is 2.58 bits per heavy atom. The molecule has 24 heavy (non-hydrogen) atoms. The van der Waals surface area contributed by atoms with Crippen molar-refractivity contribution in [2.75, 3.05) is 0 Å². The van der Waals surface area contributed by atoms with Crippen LogP contribution in [0.25, 0.3) is 0 Å². The summed E-state index contributed by atoms with van der Waals surface area (Å²) in [6, 6.07) is 2.83. The molecule has 0 unspecified atom stereocenters. The van der Waals surface area contributed by atoms with E-state index < -0.39 is 10.2 Å². The maximum atomic E-state index is 12.7. The van der Waals surface area contributed by atoms with E-state index in [-0.39, 0.29) is 22.3 Å². The second-order valence-electron chi connectivity index (χ2n) is 5.39. The second-order valence-corrected chi connectivity index (χ2v) is 6.72. The van der Waals surface area contributed by atoms with E-state index in [4.69, 9.17) is 0 Å². The number of nitrogens with one attached hydrogen (secondary N) is 1. The minimum Gasteiger partial charge on any atom is -0.355 e. The van der Waals surface area contributed by atoms with Gasteiger partial charge in [0.25, 0.3) is 0 Å². The highest BCUT2D eigenvalue weighted by Gasteiger charge is 2.26. The van der Waals surface area contributed by atoms with Crippen molar-refractivity contribution in [3.05, 3.63) is 51.0 Å². The number of hydrogen-bond acceptors (Lipinski definition) is 6. The van der Waals surface area contributed by atoms with Crippen LogP contribution in [0.15, 0.2) is 23.4 Å². The van der Waals surface area contributed by atoms with Crippen LogP contribution in [-0.4, -0.2) is 31.7 Å². The summed E-state index contributed by atoms with van der Waals surface area (Å²) in [6.07, 6.45) is 1.45. The molecule has 2 heterocycles. The summed E-state index contributed by atoms with van der Waals surface area (Å²) in [4.78, 5) is 41.8. The Morgan fingerprint density at radius 1 is 1.38 bits per heavy atom. The predicted octanol–water partition coefficient (Wildman–Crippen LogP) is 3.50. The van der Waals surface area contributed by atoms with Gasteiger partial charge >= 0.3 is 5.69 Å². The first kappa shape index (κ1) is 17.9. The van der Waals surface area contributed by atoms with Gasteiger partial charge in [0, 0.05) is 23.5 Å². The highest BCUT2D eigenvalue weighted by Crippen LogP contribution is 2.32. The van der Waals surface area contributed by atoms with Crippen LogP contribution >= 0.6 is 11.8 Å². The number of carbonyl (C=O) groups is 2. The molecule has 7 nitrogen and oxygen atoms in total. The number of aromatic nitrogens is 2. The van der Waals surface area contributed by atoms with E-state index in [0.29, 0.717) is 22.5 Å². The quantitative estimate of drug-likeness (QED) is 0.371. The molecule has 0 amide bonds. The molecule has 0 aliphatic carbocycles. The second kappa shape index (κ2) is 6.96. The third-order valence-electron chi connectivity index (χ3n) is 3.64. The molecule has 0 saturated carbocycles. The van der Waals surface area contributed by atoms with E-state index in [1.807, 2.05) is 0 Å². The van der Waals surface area contributed by atoms with Gasteiger partial charge in [-0.1, -0.05) is 11.8 Å². The zero-order valence-corrected chi connectivity index (χ0v) is 14.6. The minimum absolute atomic E-state index is 0.110. The van der Waals surface area contributed by atoms with Crippen LogP contribution in [0, 0.1) is 24.0 Å². The average Bonchev–Trinajstić information content (AvgIpc) is 2.81. The normalized spacial score (nSPS) is 12.0. The van der Waals surface area contributed by atoms with Gasteiger partial charge in [-0.25, -0.2) is 4.98 Å². The van der Waals surface area contributed by atoms with E-state index in [0.717, 1.165) is 11.8 Å². The SMILES string of the molecule is CC(=O)c1c(C)[nH]c(C(=O)[C@@H](C)Sc2ncccc2[N+](=O)[O-])c1C. The topological polar surface area (TPSA) is 106 Å². The lowest BCUT2D eigenvalue weighted by molar-refractivity contribution is -0.388. The van der Waals surface area contributed by atoms with Gasteiger partial charge in [0.05, 0.1) is 15.9 Å². The highest BCUT2D eigenvalue weighted by atomic mass is 32.2. The van der Waals surface area contributed by atoms with Gasteiger partial charge in [0.15, 0.2) is 16.6 Å². The molecule has 0 bridgehead atoms. The van der Waals surface area contributed by atoms with Gasteiger partial charge in [-0.05, 0) is 39.3 Å². The number of pyridine rings is 1. The molecule has 0 aromatic carbocycles. The maximum absolute atomic E-state index is 12.7. The maximum Gasteiger partial charge on any atom is 0.301 e. The molecule has 1 N–H and O–H groups in total. The molecule has 2 rings (SSSR count). The van der Waals surface area contributed by atoms with Crippen LogP contribution in [-0.2, 0) is 0 Å². The van der Waals surface area contributed by atoms with Gasteiger partial charge in [-0.15, -0.1) is 0 Å². The minimum atomic E-state index is -0.588. The fraction of sp³-hybridized carbons (Fsp3) is 0.312. The fourth-order valence-corrected chi connectivity index (χ4v) is 3.51. The van der Waals surface area contributed by atoms with Crippen molar-refractivity contribution in [2.24, 2.45) is 0 Å². The van der Waals surface area contributed by atoms with Crippen molar-refractivity contribution in [3.63, 3.8) is 0 Å². The standard InChI is InChI=1S/C16H17N3O4S/c1-8-13(10(3)20)9(2)18-14(8)15(21)11(4)24-16-12(19(22)23)6-5-7-17-16/h5-7,11,18H,1-4H3/t11-/m1/s1. The molecule has 126 valence electrons. The summed E-state index contributed by atoms with van der Waals surface area (Å²) in [6.45, 7) is 6.57. The number of nitro groups is 1. The lowest BCUT2D eigenvalue weighted by atomic mass is 10.0. The molecule has 0 spiro atoms. The number of nitrogens with zero attached hydrogens (tertiary/aromatic N) is 2. The van der Waals surface area contributed by atoms with Gasteiger partial charge in [-0.3, -0.25) is 19.7 Å². The first-order valence-corrected chi connectivity index (χ1v) is 8.12. The lowest BCUT2D eigenvalue weighted by Crippen LogP contribution is -2.16. The van der Waals surface area contributed by atoms with Crippen LogP contribution in [0.5, 0.6) is 0 Å². The Bertz CT molecular complexity index is 829. The summed E-state index contributed by atoms with van der Waals surface area (Å²) in [5, 5.41) is 10.6. The monoisotopic (exact) mass is 347 g/mol. The molecule has 1 atom stereocenters. The third kappa shape index (κ3) is 3.38. The summed E-state index contributed by atoms with van der Waals surface area (Å²) >= 11 is 1.03. The van der Waals surface area contributed by atoms with Crippen molar-refractivity contribution >= 4 is 29.0 Å². The molecular formula is C16H17N3O4S. The highest BCUT2D eigenvalue weighted by molar-refractivity contribution is 8.00. The molecule has 0 fully saturated rings. The first-order chi connectivity index (χ1) is 11.2.